The standard InChI is InChI=1S/C12H20BrNO2S/c1-2-3-4-16-8-11(15)6-14-7-12-5-10(13)9-17-12/h5,9,11,14-15H,2-4,6-8H2,1H3. The van der Waals surface area contributed by atoms with Gasteiger partial charge >= 0.3 is 0 Å². The largest absolute Gasteiger partial charge is 0.389 e. The van der Waals surface area contributed by atoms with Crippen LogP contribution >= 0.6 is 27.3 Å². The lowest BCUT2D eigenvalue weighted by Gasteiger charge is -2.11. The van der Waals surface area contributed by atoms with Gasteiger partial charge in [-0.25, -0.2) is 0 Å². The molecule has 0 bridgehead atoms. The molecule has 5 heteroatoms. The Morgan fingerprint density at radius 3 is 3.06 bits per heavy atom. The third-order valence-electron chi connectivity index (χ3n) is 2.25. The van der Waals surface area contributed by atoms with Crippen molar-refractivity contribution in [3.8, 4) is 0 Å². The highest BCUT2D eigenvalue weighted by Crippen LogP contribution is 2.19. The second-order valence-electron chi connectivity index (χ2n) is 3.94. The van der Waals surface area contributed by atoms with Crippen LogP contribution in [0.15, 0.2) is 15.9 Å². The third kappa shape index (κ3) is 7.16. The number of rotatable bonds is 9. The van der Waals surface area contributed by atoms with Gasteiger partial charge in [0.15, 0.2) is 0 Å². The van der Waals surface area contributed by atoms with Gasteiger partial charge in [-0.15, -0.1) is 11.3 Å². The van der Waals surface area contributed by atoms with Crippen molar-refractivity contribution in [2.75, 3.05) is 19.8 Å². The monoisotopic (exact) mass is 321 g/mol. The molecule has 1 heterocycles. The number of unbranched alkanes of at least 4 members (excludes halogenated alkanes) is 1. The number of hydrogen-bond acceptors (Lipinski definition) is 4. The maximum absolute atomic E-state index is 9.64. The van der Waals surface area contributed by atoms with E-state index in [0.29, 0.717) is 13.2 Å². The van der Waals surface area contributed by atoms with Gasteiger partial charge in [-0.2, -0.15) is 0 Å². The molecule has 0 aliphatic heterocycles. The molecule has 0 amide bonds. The molecule has 1 unspecified atom stereocenters. The molecule has 2 N–H and O–H groups in total. The maximum atomic E-state index is 9.64. The van der Waals surface area contributed by atoms with Crippen LogP contribution in [0, 0.1) is 0 Å². The van der Waals surface area contributed by atoms with Crippen molar-refractivity contribution < 1.29 is 9.84 Å². The lowest BCUT2D eigenvalue weighted by atomic mass is 10.3. The van der Waals surface area contributed by atoms with Gasteiger partial charge in [0.2, 0.25) is 0 Å². The molecule has 1 aromatic heterocycles. The van der Waals surface area contributed by atoms with Gasteiger partial charge in [0.25, 0.3) is 0 Å². The van der Waals surface area contributed by atoms with Gasteiger partial charge in [0, 0.05) is 34.4 Å². The van der Waals surface area contributed by atoms with Crippen molar-refractivity contribution in [3.05, 3.63) is 20.8 Å². The molecule has 0 spiro atoms. The fraction of sp³-hybridized carbons (Fsp3) is 0.667. The Bertz CT molecular complexity index is 306. The average Bonchev–Trinajstić information content (AvgIpc) is 2.71. The van der Waals surface area contributed by atoms with Crippen LogP contribution in [-0.2, 0) is 11.3 Å². The molecule has 0 radical (unpaired) electrons. The van der Waals surface area contributed by atoms with E-state index in [4.69, 9.17) is 4.74 Å². The summed E-state index contributed by atoms with van der Waals surface area (Å²) in [5.74, 6) is 0. The second kappa shape index (κ2) is 9.05. The SMILES string of the molecule is CCCCOCC(O)CNCc1cc(Br)cs1. The lowest BCUT2D eigenvalue weighted by molar-refractivity contribution is 0.0358. The summed E-state index contributed by atoms with van der Waals surface area (Å²) in [5, 5.41) is 14.9. The number of ether oxygens (including phenoxy) is 1. The molecule has 0 fully saturated rings. The summed E-state index contributed by atoms with van der Waals surface area (Å²) < 4.78 is 6.46. The number of halogens is 1. The molecule has 0 aromatic carbocycles. The molecular formula is C12H20BrNO2S. The van der Waals surface area contributed by atoms with E-state index in [2.05, 4.69) is 39.6 Å². The number of aliphatic hydroxyl groups is 1. The first-order valence-corrected chi connectivity index (χ1v) is 7.59. The van der Waals surface area contributed by atoms with E-state index in [1.165, 1.54) is 4.88 Å². The second-order valence-corrected chi connectivity index (χ2v) is 5.86. The third-order valence-corrected chi connectivity index (χ3v) is 3.95. The zero-order valence-electron chi connectivity index (χ0n) is 10.1. The van der Waals surface area contributed by atoms with E-state index in [0.717, 1.165) is 30.5 Å². The summed E-state index contributed by atoms with van der Waals surface area (Å²) in [6.07, 6.45) is 1.76. The van der Waals surface area contributed by atoms with E-state index in [1.54, 1.807) is 11.3 Å². The van der Waals surface area contributed by atoms with Crippen LogP contribution in [0.2, 0.25) is 0 Å². The van der Waals surface area contributed by atoms with Gasteiger partial charge in [-0.3, -0.25) is 0 Å². The van der Waals surface area contributed by atoms with Crippen LogP contribution < -0.4 is 5.32 Å². The molecule has 0 saturated heterocycles. The first-order chi connectivity index (χ1) is 8.22. The summed E-state index contributed by atoms with van der Waals surface area (Å²) in [6, 6.07) is 2.09. The summed E-state index contributed by atoms with van der Waals surface area (Å²) in [6.45, 7) is 4.65. The normalized spacial score (nSPS) is 12.9. The highest BCUT2D eigenvalue weighted by molar-refractivity contribution is 9.10. The van der Waals surface area contributed by atoms with Crippen molar-refractivity contribution in [2.45, 2.75) is 32.4 Å². The quantitative estimate of drug-likeness (QED) is 0.687. The first kappa shape index (κ1) is 15.1. The Morgan fingerprint density at radius 1 is 1.59 bits per heavy atom. The molecule has 1 aromatic rings. The highest BCUT2D eigenvalue weighted by atomic mass is 79.9. The topological polar surface area (TPSA) is 41.5 Å². The van der Waals surface area contributed by atoms with Gasteiger partial charge in [0.1, 0.15) is 0 Å². The van der Waals surface area contributed by atoms with Crippen LogP contribution in [0.4, 0.5) is 0 Å². The molecule has 0 aliphatic carbocycles. The van der Waals surface area contributed by atoms with Gasteiger partial charge < -0.3 is 15.2 Å². The minimum absolute atomic E-state index is 0.418. The van der Waals surface area contributed by atoms with E-state index in [1.807, 2.05) is 0 Å². The van der Waals surface area contributed by atoms with E-state index < -0.39 is 6.10 Å². The summed E-state index contributed by atoms with van der Waals surface area (Å²) in [7, 11) is 0. The van der Waals surface area contributed by atoms with Crippen molar-refractivity contribution in [1.82, 2.24) is 5.32 Å². The minimum atomic E-state index is -0.421. The van der Waals surface area contributed by atoms with Crippen LogP contribution in [-0.4, -0.2) is 31.0 Å². The minimum Gasteiger partial charge on any atom is -0.389 e. The fourth-order valence-corrected chi connectivity index (χ4v) is 2.75. The number of hydrogen-bond donors (Lipinski definition) is 2. The van der Waals surface area contributed by atoms with Gasteiger partial charge in [0.05, 0.1) is 12.7 Å². The van der Waals surface area contributed by atoms with Gasteiger partial charge in [-0.05, 0) is 28.4 Å². The van der Waals surface area contributed by atoms with Crippen LogP contribution in [0.25, 0.3) is 0 Å². The van der Waals surface area contributed by atoms with Gasteiger partial charge in [-0.1, -0.05) is 13.3 Å². The number of thiophene rings is 1. The fourth-order valence-electron chi connectivity index (χ4n) is 1.33. The average molecular weight is 322 g/mol. The Hall–Kier alpha value is 0.0600. The van der Waals surface area contributed by atoms with E-state index in [-0.39, 0.29) is 0 Å². The molecule has 98 valence electrons. The van der Waals surface area contributed by atoms with Crippen molar-refractivity contribution in [3.63, 3.8) is 0 Å². The lowest BCUT2D eigenvalue weighted by Crippen LogP contribution is -2.30. The Labute approximate surface area is 115 Å². The molecule has 1 rings (SSSR count). The molecule has 1 atom stereocenters. The van der Waals surface area contributed by atoms with Crippen LogP contribution in [0.1, 0.15) is 24.6 Å². The molecule has 3 nitrogen and oxygen atoms in total. The summed E-state index contributed by atoms with van der Waals surface area (Å²) in [4.78, 5) is 1.26. The number of aliphatic hydroxyl groups excluding tert-OH is 1. The van der Waals surface area contributed by atoms with Crippen molar-refractivity contribution in [2.24, 2.45) is 0 Å². The number of nitrogens with one attached hydrogen (secondary N) is 1. The Morgan fingerprint density at radius 2 is 2.41 bits per heavy atom. The zero-order valence-corrected chi connectivity index (χ0v) is 12.5. The highest BCUT2D eigenvalue weighted by Gasteiger charge is 2.04. The molecule has 0 saturated carbocycles. The summed E-state index contributed by atoms with van der Waals surface area (Å²) in [5.41, 5.74) is 0. The van der Waals surface area contributed by atoms with Crippen molar-refractivity contribution >= 4 is 27.3 Å². The molecule has 17 heavy (non-hydrogen) atoms. The Kier molecular flexibility index (Phi) is 8.05. The maximum Gasteiger partial charge on any atom is 0.0897 e. The van der Waals surface area contributed by atoms with Crippen molar-refractivity contribution in [1.29, 1.82) is 0 Å². The van der Waals surface area contributed by atoms with E-state index >= 15 is 0 Å². The summed E-state index contributed by atoms with van der Waals surface area (Å²) >= 11 is 5.12. The molecular weight excluding hydrogens is 302 g/mol. The zero-order chi connectivity index (χ0) is 12.5. The Balaban J connectivity index is 2.02. The van der Waals surface area contributed by atoms with Crippen LogP contribution in [0.5, 0.6) is 0 Å². The van der Waals surface area contributed by atoms with Crippen LogP contribution in [0.3, 0.4) is 0 Å². The predicted octanol–water partition coefficient (Wildman–Crippen LogP) is 2.78. The smallest absolute Gasteiger partial charge is 0.0897 e. The molecule has 0 aliphatic rings. The first-order valence-electron chi connectivity index (χ1n) is 5.91. The predicted molar refractivity (Wildman–Crippen MR) is 75.5 cm³/mol. The van der Waals surface area contributed by atoms with E-state index in [9.17, 15) is 5.11 Å².